The molecule has 0 radical (unpaired) electrons. The summed E-state index contributed by atoms with van der Waals surface area (Å²) in [6.45, 7) is 2.22. The van der Waals surface area contributed by atoms with Crippen molar-refractivity contribution in [3.05, 3.63) is 29.8 Å². The van der Waals surface area contributed by atoms with Gasteiger partial charge in [-0.3, -0.25) is 4.79 Å². The molecule has 0 aliphatic carbocycles. The second-order valence-corrected chi connectivity index (χ2v) is 6.64. The fourth-order valence-electron chi connectivity index (χ4n) is 1.62. The van der Waals surface area contributed by atoms with Crippen molar-refractivity contribution >= 4 is 15.8 Å². The van der Waals surface area contributed by atoms with E-state index in [9.17, 15) is 26.4 Å². The van der Waals surface area contributed by atoms with Gasteiger partial charge in [-0.25, -0.2) is 8.42 Å². The van der Waals surface area contributed by atoms with E-state index >= 15 is 0 Å². The lowest BCUT2D eigenvalue weighted by molar-refractivity contribution is -0.141. The SMILES string of the molecule is CC(C(=O)O)C(C)S(=O)(=O)c1ccccc1C(F)(F)F. The lowest BCUT2D eigenvalue weighted by Gasteiger charge is -2.19. The van der Waals surface area contributed by atoms with E-state index in [0.29, 0.717) is 6.07 Å². The van der Waals surface area contributed by atoms with Gasteiger partial charge in [0.05, 0.1) is 21.6 Å². The first-order valence-corrected chi connectivity index (χ1v) is 7.17. The second-order valence-electron chi connectivity index (χ2n) is 4.37. The van der Waals surface area contributed by atoms with Crippen LogP contribution in [0.2, 0.25) is 0 Å². The van der Waals surface area contributed by atoms with Crippen molar-refractivity contribution < 1.29 is 31.5 Å². The Balaban J connectivity index is 3.41. The van der Waals surface area contributed by atoms with Gasteiger partial charge in [-0.05, 0) is 19.1 Å². The zero-order chi connectivity index (χ0) is 15.7. The third kappa shape index (κ3) is 3.12. The minimum Gasteiger partial charge on any atom is -0.481 e. The molecule has 0 aliphatic rings. The van der Waals surface area contributed by atoms with Gasteiger partial charge in [-0.1, -0.05) is 19.1 Å². The Hall–Kier alpha value is -1.57. The summed E-state index contributed by atoms with van der Waals surface area (Å²) in [6.07, 6.45) is -4.82. The van der Waals surface area contributed by atoms with Gasteiger partial charge >= 0.3 is 12.1 Å². The van der Waals surface area contributed by atoms with Crippen molar-refractivity contribution in [2.24, 2.45) is 5.92 Å². The molecule has 0 amide bonds. The first-order valence-electron chi connectivity index (χ1n) is 5.62. The van der Waals surface area contributed by atoms with E-state index in [4.69, 9.17) is 5.11 Å². The highest BCUT2D eigenvalue weighted by Gasteiger charge is 2.40. The number of carbonyl (C=O) groups is 1. The topological polar surface area (TPSA) is 71.4 Å². The summed E-state index contributed by atoms with van der Waals surface area (Å²) in [6, 6.07) is 3.74. The van der Waals surface area contributed by atoms with Crippen LogP contribution in [0.15, 0.2) is 29.2 Å². The normalized spacial score (nSPS) is 15.7. The average molecular weight is 310 g/mol. The molecule has 1 aromatic carbocycles. The van der Waals surface area contributed by atoms with Crippen molar-refractivity contribution in [3.63, 3.8) is 0 Å². The highest BCUT2D eigenvalue weighted by Crippen LogP contribution is 2.36. The van der Waals surface area contributed by atoms with E-state index in [2.05, 4.69) is 0 Å². The molecule has 1 N–H and O–H groups in total. The first kappa shape index (κ1) is 16.5. The smallest absolute Gasteiger partial charge is 0.417 e. The molecule has 8 heteroatoms. The number of aliphatic carboxylic acids is 1. The van der Waals surface area contributed by atoms with E-state index < -0.39 is 43.6 Å². The highest BCUT2D eigenvalue weighted by atomic mass is 32.2. The molecule has 0 fully saturated rings. The van der Waals surface area contributed by atoms with E-state index in [-0.39, 0.29) is 0 Å². The molecule has 4 nitrogen and oxygen atoms in total. The predicted octanol–water partition coefficient (Wildman–Crippen LogP) is 2.59. The predicted molar refractivity (Wildman–Crippen MR) is 64.9 cm³/mol. The fourth-order valence-corrected chi connectivity index (χ4v) is 3.43. The van der Waals surface area contributed by atoms with E-state index in [1.165, 1.54) is 6.07 Å². The Morgan fingerprint density at radius 3 is 2.15 bits per heavy atom. The van der Waals surface area contributed by atoms with Crippen LogP contribution in [0.25, 0.3) is 0 Å². The van der Waals surface area contributed by atoms with Crippen LogP contribution in [0.4, 0.5) is 13.2 Å². The van der Waals surface area contributed by atoms with Crippen LogP contribution in [0.5, 0.6) is 0 Å². The number of carboxylic acid groups (broad SMARTS) is 1. The largest absolute Gasteiger partial charge is 0.481 e. The standard InChI is InChI=1S/C12H13F3O4S/c1-7(11(16)17)8(2)20(18,19)10-6-4-3-5-9(10)12(13,14)15/h3-8H,1-2H3,(H,16,17). The third-order valence-electron chi connectivity index (χ3n) is 3.08. The van der Waals surface area contributed by atoms with Crippen molar-refractivity contribution in [3.8, 4) is 0 Å². The molecule has 0 aromatic heterocycles. The summed E-state index contributed by atoms with van der Waals surface area (Å²) in [5.41, 5.74) is -1.29. The second kappa shape index (κ2) is 5.43. The number of rotatable bonds is 4. The van der Waals surface area contributed by atoms with Gasteiger partial charge in [0.15, 0.2) is 9.84 Å². The molecular weight excluding hydrogens is 297 g/mol. The molecule has 20 heavy (non-hydrogen) atoms. The van der Waals surface area contributed by atoms with Gasteiger partial charge < -0.3 is 5.11 Å². The molecule has 0 bridgehead atoms. The molecule has 112 valence electrons. The van der Waals surface area contributed by atoms with Crippen molar-refractivity contribution in [1.29, 1.82) is 0 Å². The molecule has 0 saturated heterocycles. The number of carboxylic acids is 1. The number of halogens is 3. The van der Waals surface area contributed by atoms with Crippen molar-refractivity contribution in [2.75, 3.05) is 0 Å². The van der Waals surface area contributed by atoms with E-state index in [1.807, 2.05) is 0 Å². The molecule has 2 atom stereocenters. The van der Waals surface area contributed by atoms with Crippen LogP contribution in [0.1, 0.15) is 19.4 Å². The van der Waals surface area contributed by atoms with Crippen molar-refractivity contribution in [1.82, 2.24) is 0 Å². The molecule has 0 spiro atoms. The van der Waals surface area contributed by atoms with Crippen LogP contribution >= 0.6 is 0 Å². The molecule has 0 saturated carbocycles. The fraction of sp³-hybridized carbons (Fsp3) is 0.417. The van der Waals surface area contributed by atoms with Gasteiger partial charge in [-0.2, -0.15) is 13.2 Å². The van der Waals surface area contributed by atoms with Crippen LogP contribution in [-0.4, -0.2) is 24.7 Å². The van der Waals surface area contributed by atoms with Crippen LogP contribution < -0.4 is 0 Å². The summed E-state index contributed by atoms with van der Waals surface area (Å²) in [5.74, 6) is -2.70. The Bertz CT molecular complexity index is 607. The lowest BCUT2D eigenvalue weighted by atomic mass is 10.1. The molecule has 1 rings (SSSR count). The maximum Gasteiger partial charge on any atom is 0.417 e. The summed E-state index contributed by atoms with van der Waals surface area (Å²) in [5, 5.41) is 7.34. The number of hydrogen-bond acceptors (Lipinski definition) is 3. The third-order valence-corrected chi connectivity index (χ3v) is 5.44. The minimum atomic E-state index is -4.82. The lowest BCUT2D eigenvalue weighted by Crippen LogP contribution is -2.31. The molecular formula is C12H13F3O4S. The Morgan fingerprint density at radius 1 is 1.20 bits per heavy atom. The number of hydrogen-bond donors (Lipinski definition) is 1. The van der Waals surface area contributed by atoms with E-state index in [1.54, 1.807) is 0 Å². The Labute approximate surface area is 114 Å². The molecule has 0 aliphatic heterocycles. The molecule has 1 aromatic rings. The van der Waals surface area contributed by atoms with Gasteiger partial charge in [0, 0.05) is 0 Å². The zero-order valence-electron chi connectivity index (χ0n) is 10.7. The van der Waals surface area contributed by atoms with Crippen LogP contribution in [-0.2, 0) is 20.8 Å². The van der Waals surface area contributed by atoms with Crippen LogP contribution in [0, 0.1) is 5.92 Å². The Morgan fingerprint density at radius 2 is 1.70 bits per heavy atom. The maximum atomic E-state index is 12.8. The van der Waals surface area contributed by atoms with Gasteiger partial charge in [0.1, 0.15) is 0 Å². The van der Waals surface area contributed by atoms with Crippen LogP contribution in [0.3, 0.4) is 0 Å². The maximum absolute atomic E-state index is 12.8. The highest BCUT2D eigenvalue weighted by molar-refractivity contribution is 7.92. The summed E-state index contributed by atoms with van der Waals surface area (Å²) in [4.78, 5) is 9.92. The summed E-state index contributed by atoms with van der Waals surface area (Å²) in [7, 11) is -4.40. The quantitative estimate of drug-likeness (QED) is 0.928. The first-order chi connectivity index (χ1) is 8.99. The van der Waals surface area contributed by atoms with Crippen molar-refractivity contribution in [2.45, 2.75) is 30.2 Å². The minimum absolute atomic E-state index is 0.658. The number of alkyl halides is 3. The average Bonchev–Trinajstić information content (AvgIpc) is 2.35. The zero-order valence-corrected chi connectivity index (χ0v) is 11.5. The van der Waals surface area contributed by atoms with Gasteiger partial charge in [0.25, 0.3) is 0 Å². The molecule has 2 unspecified atom stereocenters. The van der Waals surface area contributed by atoms with Gasteiger partial charge in [-0.15, -0.1) is 0 Å². The van der Waals surface area contributed by atoms with E-state index in [0.717, 1.165) is 26.0 Å². The Kier molecular flexibility index (Phi) is 4.48. The monoisotopic (exact) mass is 310 g/mol. The number of benzene rings is 1. The summed E-state index contributed by atoms with van der Waals surface area (Å²) < 4.78 is 62.8. The van der Waals surface area contributed by atoms with Gasteiger partial charge in [0.2, 0.25) is 0 Å². The molecule has 0 heterocycles. The number of sulfone groups is 1. The summed E-state index contributed by atoms with van der Waals surface area (Å²) >= 11 is 0.